The molecule has 0 radical (unpaired) electrons. The number of rotatable bonds is 4. The lowest BCUT2D eigenvalue weighted by Crippen LogP contribution is -2.34. The smallest absolute Gasteiger partial charge is 0.243 e. The highest BCUT2D eigenvalue weighted by Gasteiger charge is 2.38. The molecule has 2 atom stereocenters. The SMILES string of the molecule is Cc1cccc(C)c1NC(=O)CNC(=O)[C@H]1C[C@@H]1C. The summed E-state index contributed by atoms with van der Waals surface area (Å²) >= 11 is 0. The molecule has 2 amide bonds. The zero-order valence-corrected chi connectivity index (χ0v) is 11.6. The van der Waals surface area contributed by atoms with Crippen LogP contribution in [0.4, 0.5) is 5.69 Å². The predicted octanol–water partition coefficient (Wildman–Crippen LogP) is 2.01. The molecule has 4 heteroatoms. The molecule has 0 bridgehead atoms. The van der Waals surface area contributed by atoms with E-state index in [0.717, 1.165) is 23.2 Å². The molecular weight excluding hydrogens is 240 g/mol. The van der Waals surface area contributed by atoms with Crippen LogP contribution in [0.25, 0.3) is 0 Å². The van der Waals surface area contributed by atoms with Gasteiger partial charge < -0.3 is 10.6 Å². The predicted molar refractivity (Wildman–Crippen MR) is 74.8 cm³/mol. The van der Waals surface area contributed by atoms with E-state index in [4.69, 9.17) is 0 Å². The Kier molecular flexibility index (Phi) is 3.88. The fourth-order valence-electron chi connectivity index (χ4n) is 2.18. The van der Waals surface area contributed by atoms with Gasteiger partial charge in [0.05, 0.1) is 6.54 Å². The van der Waals surface area contributed by atoms with Crippen LogP contribution in [0.2, 0.25) is 0 Å². The number of carbonyl (C=O) groups excluding carboxylic acids is 2. The number of para-hydroxylation sites is 1. The highest BCUT2D eigenvalue weighted by atomic mass is 16.2. The molecule has 19 heavy (non-hydrogen) atoms. The Morgan fingerprint density at radius 2 is 1.84 bits per heavy atom. The fraction of sp³-hybridized carbons (Fsp3) is 0.467. The maximum Gasteiger partial charge on any atom is 0.243 e. The van der Waals surface area contributed by atoms with Crippen LogP contribution in [-0.2, 0) is 9.59 Å². The van der Waals surface area contributed by atoms with Crippen LogP contribution in [0, 0.1) is 25.7 Å². The van der Waals surface area contributed by atoms with E-state index in [0.29, 0.717) is 5.92 Å². The third kappa shape index (κ3) is 3.34. The number of amides is 2. The number of nitrogens with one attached hydrogen (secondary N) is 2. The molecule has 1 aliphatic carbocycles. The maximum absolute atomic E-state index is 11.8. The van der Waals surface area contributed by atoms with Crippen LogP contribution >= 0.6 is 0 Å². The van der Waals surface area contributed by atoms with Crippen LogP contribution < -0.4 is 10.6 Å². The Balaban J connectivity index is 1.86. The summed E-state index contributed by atoms with van der Waals surface area (Å²) in [5.41, 5.74) is 2.88. The first kappa shape index (κ1) is 13.6. The second-order valence-electron chi connectivity index (χ2n) is 5.35. The van der Waals surface area contributed by atoms with Gasteiger partial charge in [0.1, 0.15) is 0 Å². The highest BCUT2D eigenvalue weighted by Crippen LogP contribution is 2.37. The van der Waals surface area contributed by atoms with Crippen molar-refractivity contribution in [3.05, 3.63) is 29.3 Å². The molecule has 2 N–H and O–H groups in total. The molecule has 0 spiro atoms. The molecule has 1 aliphatic rings. The minimum atomic E-state index is -0.181. The lowest BCUT2D eigenvalue weighted by atomic mass is 10.1. The number of benzene rings is 1. The van der Waals surface area contributed by atoms with Gasteiger partial charge in [-0.25, -0.2) is 0 Å². The van der Waals surface area contributed by atoms with Crippen LogP contribution in [0.1, 0.15) is 24.5 Å². The first-order chi connectivity index (χ1) is 8.99. The van der Waals surface area contributed by atoms with E-state index in [2.05, 4.69) is 10.6 Å². The first-order valence-corrected chi connectivity index (χ1v) is 6.63. The number of anilines is 1. The molecule has 0 heterocycles. The molecule has 0 aromatic heterocycles. The molecule has 1 aromatic rings. The lowest BCUT2D eigenvalue weighted by Gasteiger charge is -2.11. The first-order valence-electron chi connectivity index (χ1n) is 6.63. The Labute approximate surface area is 113 Å². The van der Waals surface area contributed by atoms with E-state index >= 15 is 0 Å². The molecule has 1 fully saturated rings. The van der Waals surface area contributed by atoms with Gasteiger partial charge in [0, 0.05) is 11.6 Å². The van der Waals surface area contributed by atoms with Gasteiger partial charge in [-0.05, 0) is 37.3 Å². The summed E-state index contributed by atoms with van der Waals surface area (Å²) in [6, 6.07) is 5.86. The zero-order valence-electron chi connectivity index (χ0n) is 11.6. The molecule has 0 unspecified atom stereocenters. The minimum absolute atomic E-state index is 0.0100. The Morgan fingerprint density at radius 1 is 1.26 bits per heavy atom. The van der Waals surface area contributed by atoms with E-state index in [1.165, 1.54) is 0 Å². The summed E-state index contributed by atoms with van der Waals surface area (Å²) in [6.07, 6.45) is 0.935. The van der Waals surface area contributed by atoms with Crippen molar-refractivity contribution in [3.63, 3.8) is 0 Å². The van der Waals surface area contributed by atoms with Crippen molar-refractivity contribution in [2.24, 2.45) is 11.8 Å². The van der Waals surface area contributed by atoms with Crippen molar-refractivity contribution in [2.75, 3.05) is 11.9 Å². The highest BCUT2D eigenvalue weighted by molar-refractivity contribution is 5.96. The summed E-state index contributed by atoms with van der Waals surface area (Å²) in [7, 11) is 0. The maximum atomic E-state index is 11.8. The average molecular weight is 260 g/mol. The Bertz CT molecular complexity index is 491. The van der Waals surface area contributed by atoms with Crippen LogP contribution in [0.3, 0.4) is 0 Å². The van der Waals surface area contributed by atoms with Gasteiger partial charge in [0.2, 0.25) is 11.8 Å². The van der Waals surface area contributed by atoms with Crippen LogP contribution in [-0.4, -0.2) is 18.4 Å². The van der Waals surface area contributed by atoms with Gasteiger partial charge >= 0.3 is 0 Å². The Morgan fingerprint density at radius 3 is 2.37 bits per heavy atom. The summed E-state index contributed by atoms with van der Waals surface area (Å²) in [5.74, 6) is 0.373. The summed E-state index contributed by atoms with van der Waals surface area (Å²) < 4.78 is 0. The Hall–Kier alpha value is -1.84. The molecule has 0 saturated heterocycles. The van der Waals surface area contributed by atoms with Crippen molar-refractivity contribution in [1.29, 1.82) is 0 Å². The van der Waals surface area contributed by atoms with Crippen LogP contribution in [0.15, 0.2) is 18.2 Å². The largest absolute Gasteiger partial charge is 0.347 e. The molecular formula is C15H20N2O2. The average Bonchev–Trinajstić information content (AvgIpc) is 3.08. The molecule has 102 valence electrons. The van der Waals surface area contributed by atoms with Crippen LogP contribution in [0.5, 0.6) is 0 Å². The number of carbonyl (C=O) groups is 2. The normalized spacial score (nSPS) is 20.8. The zero-order chi connectivity index (χ0) is 14.0. The van der Waals surface area contributed by atoms with Gasteiger partial charge in [-0.1, -0.05) is 25.1 Å². The van der Waals surface area contributed by atoms with E-state index in [9.17, 15) is 9.59 Å². The summed E-state index contributed by atoms with van der Waals surface area (Å²) in [4.78, 5) is 23.4. The van der Waals surface area contributed by atoms with Crippen molar-refractivity contribution >= 4 is 17.5 Å². The van der Waals surface area contributed by atoms with Gasteiger partial charge in [-0.3, -0.25) is 9.59 Å². The van der Waals surface area contributed by atoms with Crippen molar-refractivity contribution in [2.45, 2.75) is 27.2 Å². The molecule has 2 rings (SSSR count). The van der Waals surface area contributed by atoms with Crippen molar-refractivity contribution in [1.82, 2.24) is 5.32 Å². The summed E-state index contributed by atoms with van der Waals surface area (Å²) in [5, 5.41) is 5.53. The van der Waals surface area contributed by atoms with Gasteiger partial charge in [-0.2, -0.15) is 0 Å². The monoisotopic (exact) mass is 260 g/mol. The molecule has 1 aromatic carbocycles. The number of hydrogen-bond acceptors (Lipinski definition) is 2. The van der Waals surface area contributed by atoms with Gasteiger partial charge in [0.15, 0.2) is 0 Å². The third-order valence-corrected chi connectivity index (χ3v) is 3.61. The number of aryl methyl sites for hydroxylation is 2. The van der Waals surface area contributed by atoms with E-state index in [1.54, 1.807) is 0 Å². The minimum Gasteiger partial charge on any atom is -0.347 e. The summed E-state index contributed by atoms with van der Waals surface area (Å²) in [6.45, 7) is 5.98. The lowest BCUT2D eigenvalue weighted by molar-refractivity contribution is -0.125. The van der Waals surface area contributed by atoms with E-state index in [1.807, 2.05) is 39.0 Å². The van der Waals surface area contributed by atoms with Crippen molar-refractivity contribution in [3.8, 4) is 0 Å². The molecule has 4 nitrogen and oxygen atoms in total. The molecule has 1 saturated carbocycles. The number of hydrogen-bond donors (Lipinski definition) is 2. The van der Waals surface area contributed by atoms with Gasteiger partial charge in [-0.15, -0.1) is 0 Å². The topological polar surface area (TPSA) is 58.2 Å². The second kappa shape index (κ2) is 5.43. The molecule has 0 aliphatic heterocycles. The standard InChI is InChI=1S/C15H20N2O2/c1-9-5-4-6-10(2)14(9)17-13(18)8-16-15(19)12-7-11(12)3/h4-6,11-12H,7-8H2,1-3H3,(H,16,19)(H,17,18)/t11-,12-/m0/s1. The fourth-order valence-corrected chi connectivity index (χ4v) is 2.18. The third-order valence-electron chi connectivity index (χ3n) is 3.61. The van der Waals surface area contributed by atoms with Crippen molar-refractivity contribution < 1.29 is 9.59 Å². The quantitative estimate of drug-likeness (QED) is 0.870. The van der Waals surface area contributed by atoms with E-state index < -0.39 is 0 Å². The van der Waals surface area contributed by atoms with Gasteiger partial charge in [0.25, 0.3) is 0 Å². The van der Waals surface area contributed by atoms with E-state index in [-0.39, 0.29) is 24.3 Å². The second-order valence-corrected chi connectivity index (χ2v) is 5.35.